The van der Waals surface area contributed by atoms with E-state index in [0.717, 1.165) is 17.7 Å². The van der Waals surface area contributed by atoms with E-state index in [4.69, 9.17) is 32.1 Å². The van der Waals surface area contributed by atoms with Gasteiger partial charge in [0.1, 0.15) is 16.5 Å². The minimum atomic E-state index is -4.21. The number of anilines is 1. The van der Waals surface area contributed by atoms with Crippen LogP contribution in [0, 0.1) is 28.4 Å². The first-order chi connectivity index (χ1) is 18.4. The number of ether oxygens (including phenoxy) is 1. The predicted octanol–water partition coefficient (Wildman–Crippen LogP) is 6.68. The van der Waals surface area contributed by atoms with Gasteiger partial charge in [0, 0.05) is 12.1 Å². The number of nitrogens with one attached hydrogen (secondary N) is 1. The molecule has 3 aromatic carbocycles. The lowest BCUT2D eigenvalue weighted by Crippen LogP contribution is -2.14. The summed E-state index contributed by atoms with van der Waals surface area (Å²) in [5.74, 6) is -0.985. The molecule has 0 radical (unpaired) electrons. The van der Waals surface area contributed by atoms with E-state index in [1.165, 1.54) is 30.3 Å². The number of hydrogen-bond acceptors (Lipinski definition) is 8. The van der Waals surface area contributed by atoms with Crippen molar-refractivity contribution in [2.24, 2.45) is 0 Å². The number of amides is 1. The van der Waals surface area contributed by atoms with Crippen LogP contribution in [0.15, 0.2) is 63.5 Å². The predicted molar refractivity (Wildman–Crippen MR) is 150 cm³/mol. The normalized spacial score (nSPS) is 11.4. The molecule has 1 N–H and O–H groups in total. The SMILES string of the molecule is CCOc1cc(/C=C(\C#N)C(=O)Nc2c(Cl)cc([N+](=O)[O-])cc2Cl)cc(Br)c1OS(=O)(=O)c1ccc(C)cc1. The van der Waals surface area contributed by atoms with Crippen LogP contribution < -0.4 is 14.2 Å². The van der Waals surface area contributed by atoms with Crippen LogP contribution in [-0.4, -0.2) is 25.9 Å². The van der Waals surface area contributed by atoms with E-state index < -0.39 is 20.9 Å². The molecule has 3 rings (SSSR count). The fourth-order valence-electron chi connectivity index (χ4n) is 3.16. The second-order valence-electron chi connectivity index (χ2n) is 7.78. The van der Waals surface area contributed by atoms with E-state index in [0.29, 0.717) is 0 Å². The molecule has 202 valence electrons. The molecular weight excluding hydrogens is 637 g/mol. The third-order valence-corrected chi connectivity index (χ3v) is 7.41. The average Bonchev–Trinajstić information content (AvgIpc) is 2.86. The van der Waals surface area contributed by atoms with Crippen LogP contribution in [0.4, 0.5) is 11.4 Å². The highest BCUT2D eigenvalue weighted by Crippen LogP contribution is 2.40. The van der Waals surface area contributed by atoms with E-state index in [-0.39, 0.29) is 60.0 Å². The molecular formula is C25H18BrCl2N3O7S. The molecule has 1 amide bonds. The Kier molecular flexibility index (Phi) is 9.58. The van der Waals surface area contributed by atoms with Crippen molar-refractivity contribution < 1.29 is 27.1 Å². The number of nitriles is 1. The average molecular weight is 655 g/mol. The zero-order valence-electron chi connectivity index (χ0n) is 20.2. The van der Waals surface area contributed by atoms with Crippen LogP contribution in [0.25, 0.3) is 6.08 Å². The molecule has 39 heavy (non-hydrogen) atoms. The Morgan fingerprint density at radius 2 is 1.79 bits per heavy atom. The maximum atomic E-state index is 12.8. The minimum Gasteiger partial charge on any atom is -0.490 e. The van der Waals surface area contributed by atoms with Gasteiger partial charge in [0.15, 0.2) is 11.5 Å². The highest BCUT2D eigenvalue weighted by Gasteiger charge is 2.23. The van der Waals surface area contributed by atoms with Gasteiger partial charge < -0.3 is 14.2 Å². The number of carbonyl (C=O) groups excluding carboxylic acids is 1. The molecule has 14 heteroatoms. The number of nitro benzene ring substituents is 1. The Hall–Kier alpha value is -3.63. The van der Waals surface area contributed by atoms with E-state index in [2.05, 4.69) is 21.2 Å². The first-order valence-corrected chi connectivity index (χ1v) is 13.9. The largest absolute Gasteiger partial charge is 0.490 e. The first kappa shape index (κ1) is 29.9. The molecule has 0 saturated heterocycles. The van der Waals surface area contributed by atoms with Crippen molar-refractivity contribution in [3.05, 3.63) is 89.9 Å². The van der Waals surface area contributed by atoms with E-state index in [9.17, 15) is 28.6 Å². The standard InChI is InChI=1S/C25H18BrCl2N3O7S/c1-3-37-22-10-15(9-19(26)24(22)38-39(35,36)18-6-4-14(2)5-7-18)8-16(13-29)25(32)30-23-20(27)11-17(31(33)34)12-21(23)28/h4-12H,3H2,1-2H3,(H,30,32)/b16-8+. The topological polar surface area (TPSA) is 149 Å². The summed E-state index contributed by atoms with van der Waals surface area (Å²) in [6, 6.07) is 12.7. The molecule has 0 aromatic heterocycles. The van der Waals surface area contributed by atoms with Crippen molar-refractivity contribution in [2.75, 3.05) is 11.9 Å². The summed E-state index contributed by atoms with van der Waals surface area (Å²) >= 11 is 15.3. The molecule has 0 aliphatic rings. The third kappa shape index (κ3) is 7.27. The summed E-state index contributed by atoms with van der Waals surface area (Å²) < 4.78 is 36.8. The number of carbonyl (C=O) groups is 1. The number of nitro groups is 1. The zero-order valence-corrected chi connectivity index (χ0v) is 24.1. The number of aryl methyl sites for hydroxylation is 1. The number of halogens is 3. The minimum absolute atomic E-state index is 0.0352. The van der Waals surface area contributed by atoms with Crippen molar-refractivity contribution in [1.29, 1.82) is 5.26 Å². The number of rotatable bonds is 9. The molecule has 10 nitrogen and oxygen atoms in total. The van der Waals surface area contributed by atoms with Crippen molar-refractivity contribution in [2.45, 2.75) is 18.7 Å². The Bertz CT molecular complexity index is 1610. The van der Waals surface area contributed by atoms with Gasteiger partial charge in [-0.25, -0.2) is 0 Å². The van der Waals surface area contributed by atoms with Crippen molar-refractivity contribution >= 4 is 72.6 Å². The summed E-state index contributed by atoms with van der Waals surface area (Å²) in [6.45, 7) is 3.65. The molecule has 0 aliphatic carbocycles. The maximum absolute atomic E-state index is 12.8. The molecule has 0 atom stereocenters. The van der Waals surface area contributed by atoms with Crippen molar-refractivity contribution in [3.63, 3.8) is 0 Å². The quantitative estimate of drug-likeness (QED) is 0.0882. The summed E-state index contributed by atoms with van der Waals surface area (Å²) in [5.41, 5.74) is 0.292. The van der Waals surface area contributed by atoms with Crippen LogP contribution in [0.3, 0.4) is 0 Å². The van der Waals surface area contributed by atoms with E-state index in [1.54, 1.807) is 25.1 Å². The summed E-state index contributed by atoms with van der Waals surface area (Å²) in [7, 11) is -4.21. The van der Waals surface area contributed by atoms with Gasteiger partial charge in [-0.1, -0.05) is 40.9 Å². The number of non-ortho nitro benzene ring substituents is 1. The lowest BCUT2D eigenvalue weighted by atomic mass is 10.1. The second-order valence-corrected chi connectivity index (χ2v) is 11.0. The van der Waals surface area contributed by atoms with Crippen molar-refractivity contribution in [3.8, 4) is 17.6 Å². The molecule has 0 bridgehead atoms. The molecule has 0 fully saturated rings. The summed E-state index contributed by atoms with van der Waals surface area (Å²) in [4.78, 5) is 23.0. The summed E-state index contributed by atoms with van der Waals surface area (Å²) in [5, 5.41) is 22.6. The number of hydrogen-bond donors (Lipinski definition) is 1. The number of benzene rings is 3. The molecule has 0 heterocycles. The molecule has 0 spiro atoms. The monoisotopic (exact) mass is 653 g/mol. The first-order valence-electron chi connectivity index (χ1n) is 10.9. The van der Waals surface area contributed by atoms with E-state index in [1.807, 2.05) is 6.92 Å². The Balaban J connectivity index is 1.95. The highest BCUT2D eigenvalue weighted by atomic mass is 79.9. The fourth-order valence-corrected chi connectivity index (χ4v) is 5.33. The van der Waals surface area contributed by atoms with Gasteiger partial charge in [-0.15, -0.1) is 0 Å². The van der Waals surface area contributed by atoms with Gasteiger partial charge in [-0.2, -0.15) is 13.7 Å². The Labute approximate surface area is 242 Å². The maximum Gasteiger partial charge on any atom is 0.339 e. The van der Waals surface area contributed by atoms with Crippen LogP contribution >= 0.6 is 39.1 Å². The van der Waals surface area contributed by atoms with Crippen molar-refractivity contribution in [1.82, 2.24) is 0 Å². The van der Waals surface area contributed by atoms with Gasteiger partial charge in [0.2, 0.25) is 0 Å². The summed E-state index contributed by atoms with van der Waals surface area (Å²) in [6.07, 6.45) is 1.22. The third-order valence-electron chi connectivity index (χ3n) is 4.99. The molecule has 0 aliphatic heterocycles. The van der Waals surface area contributed by atoms with Gasteiger partial charge in [-0.3, -0.25) is 14.9 Å². The van der Waals surface area contributed by atoms with Crippen LogP contribution in [0.2, 0.25) is 10.0 Å². The lowest BCUT2D eigenvalue weighted by molar-refractivity contribution is -0.384. The molecule has 3 aromatic rings. The van der Waals surface area contributed by atoms with Gasteiger partial charge in [-0.05, 0) is 65.7 Å². The van der Waals surface area contributed by atoms with E-state index >= 15 is 0 Å². The van der Waals surface area contributed by atoms with Gasteiger partial charge in [0.25, 0.3) is 11.6 Å². The van der Waals surface area contributed by atoms with Gasteiger partial charge in [0.05, 0.1) is 31.7 Å². The molecule has 0 saturated carbocycles. The Morgan fingerprint density at radius 3 is 2.33 bits per heavy atom. The van der Waals surface area contributed by atoms with Crippen LogP contribution in [0.1, 0.15) is 18.1 Å². The second kappa shape index (κ2) is 12.5. The van der Waals surface area contributed by atoms with Crippen LogP contribution in [-0.2, 0) is 14.9 Å². The highest BCUT2D eigenvalue weighted by molar-refractivity contribution is 9.10. The lowest BCUT2D eigenvalue weighted by Gasteiger charge is -2.15. The van der Waals surface area contributed by atoms with Crippen LogP contribution in [0.5, 0.6) is 11.5 Å². The number of nitrogens with zero attached hydrogens (tertiary/aromatic N) is 2. The fraction of sp³-hybridized carbons (Fsp3) is 0.120. The van der Waals surface area contributed by atoms with Gasteiger partial charge >= 0.3 is 10.1 Å². The molecule has 0 unspecified atom stereocenters. The smallest absolute Gasteiger partial charge is 0.339 e. The zero-order chi connectivity index (χ0) is 28.9. The Morgan fingerprint density at radius 1 is 1.18 bits per heavy atom.